The molecule has 1 aliphatic rings. The van der Waals surface area contributed by atoms with E-state index in [1.54, 1.807) is 0 Å². The minimum Gasteiger partial charge on any atom is -0.379 e. The van der Waals surface area contributed by atoms with Crippen molar-refractivity contribution in [3.63, 3.8) is 0 Å². The van der Waals surface area contributed by atoms with Crippen LogP contribution < -0.4 is 0 Å². The van der Waals surface area contributed by atoms with E-state index >= 15 is 0 Å². The molecule has 0 aromatic rings. The van der Waals surface area contributed by atoms with E-state index in [4.69, 9.17) is 9.47 Å². The van der Waals surface area contributed by atoms with Crippen LogP contribution in [0.15, 0.2) is 0 Å². The maximum atomic E-state index is 5.69. The maximum absolute atomic E-state index is 5.69. The molecule has 0 bridgehead atoms. The Bertz CT molecular complexity index is 113. The number of alkyl halides is 1. The van der Waals surface area contributed by atoms with Gasteiger partial charge in [-0.1, -0.05) is 22.4 Å². The number of hydrogen-bond acceptors (Lipinski definition) is 2. The molecule has 0 spiro atoms. The van der Waals surface area contributed by atoms with Gasteiger partial charge in [0, 0.05) is 18.5 Å². The van der Waals surface area contributed by atoms with Crippen molar-refractivity contribution < 1.29 is 9.47 Å². The van der Waals surface area contributed by atoms with E-state index in [2.05, 4.69) is 15.9 Å². The summed E-state index contributed by atoms with van der Waals surface area (Å²) in [5.41, 5.74) is 0. The van der Waals surface area contributed by atoms with Crippen LogP contribution in [-0.4, -0.2) is 31.3 Å². The normalized spacial score (nSPS) is 23.3. The highest BCUT2D eigenvalue weighted by Crippen LogP contribution is 2.10. The minimum atomic E-state index is 0.373. The lowest BCUT2D eigenvalue weighted by Crippen LogP contribution is -2.25. The van der Waals surface area contributed by atoms with E-state index < -0.39 is 0 Å². The van der Waals surface area contributed by atoms with Gasteiger partial charge < -0.3 is 9.47 Å². The van der Waals surface area contributed by atoms with E-state index in [0.29, 0.717) is 6.10 Å². The first-order valence-electron chi connectivity index (χ1n) is 5.19. The molecular formula is C10H19BrO2. The molecule has 0 aromatic heterocycles. The Morgan fingerprint density at radius 2 is 2.23 bits per heavy atom. The SMILES string of the molecule is BrCCCCCOC1CCCOC1. The average molecular weight is 251 g/mol. The molecule has 0 aliphatic carbocycles. The van der Waals surface area contributed by atoms with Crippen molar-refractivity contribution in [1.82, 2.24) is 0 Å². The summed E-state index contributed by atoms with van der Waals surface area (Å²) in [7, 11) is 0. The van der Waals surface area contributed by atoms with Gasteiger partial charge in [-0.3, -0.25) is 0 Å². The van der Waals surface area contributed by atoms with Crippen LogP contribution in [0, 0.1) is 0 Å². The molecular weight excluding hydrogens is 232 g/mol. The van der Waals surface area contributed by atoms with Gasteiger partial charge in [-0.2, -0.15) is 0 Å². The zero-order valence-corrected chi connectivity index (χ0v) is 9.72. The van der Waals surface area contributed by atoms with Crippen LogP contribution in [0.25, 0.3) is 0 Å². The van der Waals surface area contributed by atoms with Gasteiger partial charge >= 0.3 is 0 Å². The molecule has 0 saturated carbocycles. The lowest BCUT2D eigenvalue weighted by molar-refractivity contribution is -0.0506. The largest absolute Gasteiger partial charge is 0.379 e. The molecule has 1 atom stereocenters. The van der Waals surface area contributed by atoms with Crippen molar-refractivity contribution >= 4 is 15.9 Å². The van der Waals surface area contributed by atoms with Gasteiger partial charge in [0.25, 0.3) is 0 Å². The van der Waals surface area contributed by atoms with Crippen LogP contribution in [0.1, 0.15) is 32.1 Å². The first kappa shape index (κ1) is 11.5. The van der Waals surface area contributed by atoms with Crippen molar-refractivity contribution in [3.8, 4) is 0 Å². The third-order valence-corrected chi connectivity index (χ3v) is 2.81. The Labute approximate surface area is 89.1 Å². The van der Waals surface area contributed by atoms with E-state index in [0.717, 1.165) is 31.6 Å². The third-order valence-electron chi connectivity index (χ3n) is 2.25. The molecule has 1 rings (SSSR count). The fraction of sp³-hybridized carbons (Fsp3) is 1.00. The molecule has 0 radical (unpaired) electrons. The Morgan fingerprint density at radius 3 is 2.92 bits per heavy atom. The summed E-state index contributed by atoms with van der Waals surface area (Å²) in [4.78, 5) is 0. The summed E-state index contributed by atoms with van der Waals surface area (Å²) in [6.45, 7) is 2.63. The van der Waals surface area contributed by atoms with Crippen molar-refractivity contribution in [2.24, 2.45) is 0 Å². The maximum Gasteiger partial charge on any atom is 0.0809 e. The smallest absolute Gasteiger partial charge is 0.0809 e. The van der Waals surface area contributed by atoms with Gasteiger partial charge in [0.05, 0.1) is 12.7 Å². The zero-order chi connectivity index (χ0) is 9.36. The van der Waals surface area contributed by atoms with E-state index in [1.807, 2.05) is 0 Å². The van der Waals surface area contributed by atoms with Gasteiger partial charge in [-0.25, -0.2) is 0 Å². The van der Waals surface area contributed by atoms with Crippen molar-refractivity contribution in [3.05, 3.63) is 0 Å². The summed E-state index contributed by atoms with van der Waals surface area (Å²) < 4.78 is 11.0. The Kier molecular flexibility index (Phi) is 6.86. The zero-order valence-electron chi connectivity index (χ0n) is 8.14. The number of ether oxygens (including phenoxy) is 2. The number of hydrogen-bond donors (Lipinski definition) is 0. The Hall–Kier alpha value is 0.400. The monoisotopic (exact) mass is 250 g/mol. The quantitative estimate of drug-likeness (QED) is 0.533. The molecule has 78 valence electrons. The topological polar surface area (TPSA) is 18.5 Å². The molecule has 0 N–H and O–H groups in total. The fourth-order valence-electron chi connectivity index (χ4n) is 1.47. The Morgan fingerprint density at radius 1 is 1.31 bits per heavy atom. The first-order valence-corrected chi connectivity index (χ1v) is 6.31. The van der Waals surface area contributed by atoms with Crippen LogP contribution in [0.4, 0.5) is 0 Å². The second-order valence-electron chi connectivity index (χ2n) is 3.46. The van der Waals surface area contributed by atoms with E-state index in [-0.39, 0.29) is 0 Å². The lowest BCUT2D eigenvalue weighted by Gasteiger charge is -2.22. The number of unbranched alkanes of at least 4 members (excludes halogenated alkanes) is 2. The lowest BCUT2D eigenvalue weighted by atomic mass is 10.2. The van der Waals surface area contributed by atoms with E-state index in [1.165, 1.54) is 25.7 Å². The molecule has 3 heteroatoms. The predicted molar refractivity (Wildman–Crippen MR) is 57.4 cm³/mol. The highest BCUT2D eigenvalue weighted by atomic mass is 79.9. The van der Waals surface area contributed by atoms with Crippen LogP contribution in [0.3, 0.4) is 0 Å². The summed E-state index contributed by atoms with van der Waals surface area (Å²) in [6, 6.07) is 0. The first-order chi connectivity index (χ1) is 6.43. The van der Waals surface area contributed by atoms with Gasteiger partial charge in [0.2, 0.25) is 0 Å². The highest BCUT2D eigenvalue weighted by Gasteiger charge is 2.13. The summed E-state index contributed by atoms with van der Waals surface area (Å²) in [5.74, 6) is 0. The summed E-state index contributed by atoms with van der Waals surface area (Å²) >= 11 is 3.42. The average Bonchev–Trinajstić information content (AvgIpc) is 2.19. The van der Waals surface area contributed by atoms with Gasteiger partial charge in [0.15, 0.2) is 0 Å². The number of halogens is 1. The van der Waals surface area contributed by atoms with Gasteiger partial charge in [0.1, 0.15) is 0 Å². The molecule has 1 fully saturated rings. The van der Waals surface area contributed by atoms with Crippen LogP contribution in [0.2, 0.25) is 0 Å². The fourth-order valence-corrected chi connectivity index (χ4v) is 1.86. The molecule has 1 unspecified atom stereocenters. The van der Waals surface area contributed by atoms with Crippen LogP contribution >= 0.6 is 15.9 Å². The van der Waals surface area contributed by atoms with Gasteiger partial charge in [-0.05, 0) is 25.7 Å². The van der Waals surface area contributed by atoms with Gasteiger partial charge in [-0.15, -0.1) is 0 Å². The van der Waals surface area contributed by atoms with Crippen molar-refractivity contribution in [2.45, 2.75) is 38.2 Å². The molecule has 2 nitrogen and oxygen atoms in total. The molecule has 1 heterocycles. The second kappa shape index (κ2) is 7.77. The van der Waals surface area contributed by atoms with E-state index in [9.17, 15) is 0 Å². The minimum absolute atomic E-state index is 0.373. The van der Waals surface area contributed by atoms with Crippen LogP contribution in [-0.2, 0) is 9.47 Å². The predicted octanol–water partition coefficient (Wildman–Crippen LogP) is 2.75. The molecule has 1 aliphatic heterocycles. The molecule has 1 saturated heterocycles. The Balaban J connectivity index is 1.86. The highest BCUT2D eigenvalue weighted by molar-refractivity contribution is 9.09. The molecule has 0 amide bonds. The third kappa shape index (κ3) is 5.66. The standard InChI is InChI=1S/C10H19BrO2/c11-6-2-1-3-8-13-10-5-4-7-12-9-10/h10H,1-9H2. The molecule has 13 heavy (non-hydrogen) atoms. The van der Waals surface area contributed by atoms with Crippen LogP contribution in [0.5, 0.6) is 0 Å². The van der Waals surface area contributed by atoms with Crippen molar-refractivity contribution in [2.75, 3.05) is 25.2 Å². The molecule has 0 aromatic carbocycles. The second-order valence-corrected chi connectivity index (χ2v) is 4.25. The summed E-state index contributed by atoms with van der Waals surface area (Å²) in [6.07, 6.45) is 6.41. The summed E-state index contributed by atoms with van der Waals surface area (Å²) in [5, 5.41) is 1.11. The number of rotatable bonds is 6. The van der Waals surface area contributed by atoms with Crippen molar-refractivity contribution in [1.29, 1.82) is 0 Å².